The van der Waals surface area contributed by atoms with E-state index in [-0.39, 0.29) is 17.1 Å². The Bertz CT molecular complexity index is 410. The van der Waals surface area contributed by atoms with Crippen molar-refractivity contribution < 1.29 is 23.4 Å². The van der Waals surface area contributed by atoms with Crippen molar-refractivity contribution in [3.63, 3.8) is 0 Å². The molecule has 0 unspecified atom stereocenters. The number of nitrogens with zero attached hydrogens (tertiary/aromatic N) is 1. The van der Waals surface area contributed by atoms with Gasteiger partial charge in [0.2, 0.25) is 5.88 Å². The van der Waals surface area contributed by atoms with Crippen molar-refractivity contribution >= 4 is 11.7 Å². The third kappa shape index (κ3) is 2.56. The first-order valence-corrected chi connectivity index (χ1v) is 4.29. The molecule has 5 nitrogen and oxygen atoms in total. The molecule has 1 rings (SSSR count). The third-order valence-corrected chi connectivity index (χ3v) is 1.89. The minimum Gasteiger partial charge on any atom is -0.481 e. The monoisotopic (exact) mass is 232 g/mol. The van der Waals surface area contributed by atoms with Crippen LogP contribution in [0.4, 0.5) is 14.5 Å². The van der Waals surface area contributed by atoms with E-state index in [4.69, 9.17) is 15.6 Å². The van der Waals surface area contributed by atoms with E-state index in [1.165, 1.54) is 7.11 Å². The number of hydrogen-bond acceptors (Lipinski definition) is 4. The SMILES string of the molecule is COc1nc(C(F)F)cc(N)c1CC(=O)O. The summed E-state index contributed by atoms with van der Waals surface area (Å²) in [5.41, 5.74) is 4.96. The average molecular weight is 232 g/mol. The number of alkyl halides is 2. The highest BCUT2D eigenvalue weighted by Crippen LogP contribution is 2.28. The van der Waals surface area contributed by atoms with E-state index in [9.17, 15) is 13.6 Å². The first-order chi connectivity index (χ1) is 7.45. The maximum atomic E-state index is 12.4. The summed E-state index contributed by atoms with van der Waals surface area (Å²) in [7, 11) is 1.21. The minimum atomic E-state index is -2.78. The molecule has 1 heterocycles. The number of pyridine rings is 1. The molecule has 1 aromatic rings. The van der Waals surface area contributed by atoms with Crippen molar-refractivity contribution in [2.24, 2.45) is 0 Å². The average Bonchev–Trinajstić information content (AvgIpc) is 2.19. The molecule has 0 atom stereocenters. The number of nitrogen functional groups attached to an aromatic ring is 1. The van der Waals surface area contributed by atoms with Gasteiger partial charge >= 0.3 is 5.97 Å². The van der Waals surface area contributed by atoms with Gasteiger partial charge in [0.15, 0.2) is 0 Å². The number of aliphatic carboxylic acids is 1. The van der Waals surface area contributed by atoms with Crippen LogP contribution in [0.1, 0.15) is 17.7 Å². The summed E-state index contributed by atoms with van der Waals surface area (Å²) in [6.45, 7) is 0. The van der Waals surface area contributed by atoms with E-state index in [0.29, 0.717) is 0 Å². The Labute approximate surface area is 89.9 Å². The zero-order valence-electron chi connectivity index (χ0n) is 8.41. The third-order valence-electron chi connectivity index (χ3n) is 1.89. The van der Waals surface area contributed by atoms with Gasteiger partial charge in [0.05, 0.1) is 13.5 Å². The van der Waals surface area contributed by atoms with Crippen LogP contribution in [-0.2, 0) is 11.2 Å². The van der Waals surface area contributed by atoms with Crippen molar-refractivity contribution in [2.45, 2.75) is 12.8 Å². The van der Waals surface area contributed by atoms with Gasteiger partial charge in [0, 0.05) is 11.3 Å². The zero-order valence-corrected chi connectivity index (χ0v) is 8.41. The van der Waals surface area contributed by atoms with Crippen LogP contribution in [0.2, 0.25) is 0 Å². The Balaban J connectivity index is 3.22. The second kappa shape index (κ2) is 4.73. The molecule has 0 radical (unpaired) electrons. The van der Waals surface area contributed by atoms with Crippen molar-refractivity contribution in [1.82, 2.24) is 4.98 Å². The number of carboxylic acid groups (broad SMARTS) is 1. The Morgan fingerprint density at radius 2 is 2.31 bits per heavy atom. The highest BCUT2D eigenvalue weighted by Gasteiger charge is 2.18. The van der Waals surface area contributed by atoms with Gasteiger partial charge in [-0.15, -0.1) is 0 Å². The van der Waals surface area contributed by atoms with E-state index < -0.39 is 24.5 Å². The van der Waals surface area contributed by atoms with Crippen molar-refractivity contribution in [2.75, 3.05) is 12.8 Å². The van der Waals surface area contributed by atoms with Gasteiger partial charge in [-0.05, 0) is 6.07 Å². The van der Waals surface area contributed by atoms with Crippen molar-refractivity contribution in [1.29, 1.82) is 0 Å². The Hall–Kier alpha value is -1.92. The minimum absolute atomic E-state index is 0.0652. The molecule has 88 valence electrons. The van der Waals surface area contributed by atoms with Crippen LogP contribution in [0.3, 0.4) is 0 Å². The number of halogens is 2. The number of rotatable bonds is 4. The fraction of sp³-hybridized carbons (Fsp3) is 0.333. The van der Waals surface area contributed by atoms with Gasteiger partial charge in [0.1, 0.15) is 5.69 Å². The number of nitrogens with two attached hydrogens (primary N) is 1. The molecule has 7 heteroatoms. The Kier molecular flexibility index (Phi) is 3.60. The van der Waals surface area contributed by atoms with Crippen molar-refractivity contribution in [3.05, 3.63) is 17.3 Å². The number of ether oxygens (including phenoxy) is 1. The van der Waals surface area contributed by atoms with Crippen LogP contribution in [0.5, 0.6) is 5.88 Å². The summed E-state index contributed by atoms with van der Waals surface area (Å²) >= 11 is 0. The number of carboxylic acids is 1. The lowest BCUT2D eigenvalue weighted by molar-refractivity contribution is -0.136. The molecule has 0 aliphatic carbocycles. The molecule has 0 aliphatic heterocycles. The van der Waals surface area contributed by atoms with Gasteiger partial charge in [-0.25, -0.2) is 13.8 Å². The highest BCUT2D eigenvalue weighted by atomic mass is 19.3. The lowest BCUT2D eigenvalue weighted by Crippen LogP contribution is -2.09. The maximum absolute atomic E-state index is 12.4. The standard InChI is InChI=1S/C9H10F2N2O3/c1-16-9-4(2-7(14)15)5(12)3-6(13-9)8(10)11/h3,8H,2H2,1H3,(H2,12,13)(H,14,15). The van der Waals surface area contributed by atoms with Crippen LogP contribution < -0.4 is 10.5 Å². The van der Waals surface area contributed by atoms with Crippen molar-refractivity contribution in [3.8, 4) is 5.88 Å². The summed E-state index contributed by atoms with van der Waals surface area (Å²) in [4.78, 5) is 14.0. The van der Waals surface area contributed by atoms with E-state index in [1.54, 1.807) is 0 Å². The van der Waals surface area contributed by atoms with E-state index >= 15 is 0 Å². The van der Waals surface area contributed by atoms with Crippen LogP contribution in [0.15, 0.2) is 6.07 Å². The molecule has 0 fully saturated rings. The Morgan fingerprint density at radius 1 is 1.69 bits per heavy atom. The molecule has 1 aromatic heterocycles. The molecule has 16 heavy (non-hydrogen) atoms. The topological polar surface area (TPSA) is 85.4 Å². The fourth-order valence-corrected chi connectivity index (χ4v) is 1.20. The maximum Gasteiger partial charge on any atom is 0.308 e. The van der Waals surface area contributed by atoms with Crippen LogP contribution in [0, 0.1) is 0 Å². The molecule has 0 saturated heterocycles. The Morgan fingerprint density at radius 3 is 2.75 bits per heavy atom. The highest BCUT2D eigenvalue weighted by molar-refractivity contribution is 5.74. The molecular weight excluding hydrogens is 222 g/mol. The quantitative estimate of drug-likeness (QED) is 0.815. The molecule has 0 saturated carbocycles. The summed E-state index contributed by atoms with van der Waals surface area (Å²) < 4.78 is 29.5. The van der Waals surface area contributed by atoms with Crippen LogP contribution in [0.25, 0.3) is 0 Å². The molecule has 0 spiro atoms. The normalized spacial score (nSPS) is 10.5. The fourth-order valence-electron chi connectivity index (χ4n) is 1.20. The second-order valence-electron chi connectivity index (χ2n) is 3.00. The molecular formula is C9H10F2N2O3. The smallest absolute Gasteiger partial charge is 0.308 e. The number of hydrogen-bond donors (Lipinski definition) is 2. The summed E-state index contributed by atoms with van der Waals surface area (Å²) in [5, 5.41) is 8.60. The largest absolute Gasteiger partial charge is 0.481 e. The predicted octanol–water partition coefficient (Wildman–Crippen LogP) is 1.24. The molecule has 0 amide bonds. The van der Waals surface area contributed by atoms with Gasteiger partial charge in [-0.2, -0.15) is 0 Å². The van der Waals surface area contributed by atoms with Gasteiger partial charge in [-0.3, -0.25) is 4.79 Å². The summed E-state index contributed by atoms with van der Waals surface area (Å²) in [6.07, 6.45) is -3.21. The number of methoxy groups -OCH3 is 1. The van der Waals surface area contributed by atoms with Crippen LogP contribution >= 0.6 is 0 Å². The van der Waals surface area contributed by atoms with Gasteiger partial charge < -0.3 is 15.6 Å². The lowest BCUT2D eigenvalue weighted by Gasteiger charge is -2.10. The van der Waals surface area contributed by atoms with E-state index in [2.05, 4.69) is 4.98 Å². The lowest BCUT2D eigenvalue weighted by atomic mass is 10.1. The van der Waals surface area contributed by atoms with Gasteiger partial charge in [0.25, 0.3) is 6.43 Å². The summed E-state index contributed by atoms with van der Waals surface area (Å²) in [5.74, 6) is -1.32. The van der Waals surface area contributed by atoms with E-state index in [1.807, 2.05) is 0 Å². The molecule has 0 aromatic carbocycles. The van der Waals surface area contributed by atoms with Crippen LogP contribution in [-0.4, -0.2) is 23.2 Å². The summed E-state index contributed by atoms with van der Waals surface area (Å²) in [6, 6.07) is 0.950. The molecule has 3 N–H and O–H groups in total. The first-order valence-electron chi connectivity index (χ1n) is 4.29. The van der Waals surface area contributed by atoms with Gasteiger partial charge in [-0.1, -0.05) is 0 Å². The van der Waals surface area contributed by atoms with E-state index in [0.717, 1.165) is 6.07 Å². The number of aromatic nitrogens is 1. The zero-order chi connectivity index (χ0) is 12.3. The molecule has 0 aliphatic rings. The predicted molar refractivity (Wildman–Crippen MR) is 51.5 cm³/mol. The number of carbonyl (C=O) groups is 1. The second-order valence-corrected chi connectivity index (χ2v) is 3.00. The number of anilines is 1. The molecule has 0 bridgehead atoms. The first kappa shape index (κ1) is 12.2.